The number of rotatable bonds is 5. The molecule has 2 aromatic heterocycles. The first-order chi connectivity index (χ1) is 15.2. The fraction of sp³-hybridized carbons (Fsp3) is 0.269. The number of nitrogens with one attached hydrogen (secondary N) is 1. The molecule has 0 saturated carbocycles. The van der Waals surface area contributed by atoms with E-state index in [9.17, 15) is 4.79 Å². The number of benzene rings is 2. The molecule has 4 rings (SSSR count). The molecule has 0 aliphatic rings. The maximum atomic E-state index is 12.7. The lowest BCUT2D eigenvalue weighted by atomic mass is 9.92. The van der Waals surface area contributed by atoms with Gasteiger partial charge in [0.05, 0.1) is 17.1 Å². The van der Waals surface area contributed by atoms with E-state index in [0.29, 0.717) is 0 Å². The van der Waals surface area contributed by atoms with Gasteiger partial charge in [-0.05, 0) is 37.1 Å². The van der Waals surface area contributed by atoms with E-state index in [0.717, 1.165) is 44.4 Å². The van der Waals surface area contributed by atoms with Gasteiger partial charge in [0, 0.05) is 16.7 Å². The first-order valence-corrected chi connectivity index (χ1v) is 11.7. The summed E-state index contributed by atoms with van der Waals surface area (Å²) >= 11 is 1.48. The van der Waals surface area contributed by atoms with Crippen LogP contribution < -0.4 is 5.32 Å². The highest BCUT2D eigenvalue weighted by Crippen LogP contribution is 2.33. The number of hydrogen-bond acceptors (Lipinski definition) is 4. The number of fused-ring (bicyclic) bond motifs is 1. The third-order valence-corrected chi connectivity index (χ3v) is 6.33. The quantitative estimate of drug-likeness (QED) is 0.301. The molecule has 4 aromatic rings. The van der Waals surface area contributed by atoms with Crippen molar-refractivity contribution in [1.29, 1.82) is 0 Å². The van der Waals surface area contributed by atoms with Gasteiger partial charge in [-0.2, -0.15) is 5.10 Å². The molecule has 0 unspecified atom stereocenters. The second-order valence-electron chi connectivity index (χ2n) is 8.94. The third-order valence-electron chi connectivity index (χ3n) is 5.33. The van der Waals surface area contributed by atoms with Crippen LogP contribution in [0.2, 0.25) is 0 Å². The zero-order valence-corrected chi connectivity index (χ0v) is 20.0. The summed E-state index contributed by atoms with van der Waals surface area (Å²) in [5.74, 6) is 0.245. The van der Waals surface area contributed by atoms with Crippen LogP contribution in [0.15, 0.2) is 65.7 Å². The maximum absolute atomic E-state index is 12.7. The smallest absolute Gasteiger partial charge is 0.234 e. The molecule has 0 radical (unpaired) electrons. The van der Waals surface area contributed by atoms with Crippen molar-refractivity contribution < 1.29 is 4.79 Å². The zero-order chi connectivity index (χ0) is 22.9. The molecule has 0 atom stereocenters. The Kier molecular flexibility index (Phi) is 6.07. The third kappa shape index (κ3) is 4.55. The number of carbonyl (C=O) groups excluding carboxylic acids is 1. The molecular weight excluding hydrogens is 416 g/mol. The van der Waals surface area contributed by atoms with Crippen LogP contribution in [-0.2, 0) is 10.2 Å². The lowest BCUT2D eigenvalue weighted by molar-refractivity contribution is -0.113. The number of hydrogen-bond donors (Lipinski definition) is 1. The second kappa shape index (κ2) is 8.79. The minimum Gasteiger partial charge on any atom is -0.325 e. The normalized spacial score (nSPS) is 11.7. The van der Waals surface area contributed by atoms with E-state index in [1.54, 1.807) is 0 Å². The highest BCUT2D eigenvalue weighted by molar-refractivity contribution is 7.99. The summed E-state index contributed by atoms with van der Waals surface area (Å²) < 4.78 is 1.87. The summed E-state index contributed by atoms with van der Waals surface area (Å²) in [6.07, 6.45) is 0. The first kappa shape index (κ1) is 22.1. The van der Waals surface area contributed by atoms with Crippen molar-refractivity contribution in [2.45, 2.75) is 45.1 Å². The van der Waals surface area contributed by atoms with E-state index in [1.165, 1.54) is 11.8 Å². The van der Waals surface area contributed by atoms with E-state index in [2.05, 4.69) is 44.3 Å². The highest BCUT2D eigenvalue weighted by atomic mass is 32.2. The topological polar surface area (TPSA) is 59.3 Å². The van der Waals surface area contributed by atoms with Crippen LogP contribution in [0.1, 0.15) is 37.7 Å². The minimum absolute atomic E-state index is 0.0428. The van der Waals surface area contributed by atoms with Gasteiger partial charge < -0.3 is 5.32 Å². The van der Waals surface area contributed by atoms with Gasteiger partial charge in [-0.25, -0.2) is 9.50 Å². The Hall–Kier alpha value is -3.12. The molecule has 0 aliphatic heterocycles. The van der Waals surface area contributed by atoms with Gasteiger partial charge in [-0.3, -0.25) is 4.79 Å². The molecule has 0 bridgehead atoms. The van der Waals surface area contributed by atoms with Crippen molar-refractivity contribution >= 4 is 29.0 Å². The van der Waals surface area contributed by atoms with Gasteiger partial charge in [0.25, 0.3) is 0 Å². The van der Waals surface area contributed by atoms with Crippen LogP contribution in [0.25, 0.3) is 16.8 Å². The monoisotopic (exact) mass is 444 g/mol. The lowest BCUT2D eigenvalue weighted by Gasteiger charge is -2.19. The maximum Gasteiger partial charge on any atom is 0.234 e. The Morgan fingerprint density at radius 2 is 1.72 bits per heavy atom. The van der Waals surface area contributed by atoms with Crippen molar-refractivity contribution in [3.05, 3.63) is 77.6 Å². The van der Waals surface area contributed by atoms with Gasteiger partial charge in [0.1, 0.15) is 5.03 Å². The molecular formula is C26H28N4OS. The van der Waals surface area contributed by atoms with Gasteiger partial charge in [-0.1, -0.05) is 81.1 Å². The Balaban J connectivity index is 1.70. The van der Waals surface area contributed by atoms with E-state index >= 15 is 0 Å². The second-order valence-corrected chi connectivity index (χ2v) is 9.94. The average Bonchev–Trinajstić information content (AvgIpc) is 3.09. The Bertz CT molecular complexity index is 1270. The molecule has 0 saturated heterocycles. The van der Waals surface area contributed by atoms with E-state index in [4.69, 9.17) is 10.1 Å². The number of carbonyl (C=O) groups is 1. The van der Waals surface area contributed by atoms with Crippen LogP contribution in [0.4, 0.5) is 5.69 Å². The SMILES string of the molecule is Cc1ccccc1NC(=O)CSc1cc(C(C)(C)C)nc2c(-c3ccccc3)c(C)nn12. The first-order valence-electron chi connectivity index (χ1n) is 10.7. The molecule has 32 heavy (non-hydrogen) atoms. The fourth-order valence-electron chi connectivity index (χ4n) is 3.57. The number of anilines is 1. The number of aryl methyl sites for hydroxylation is 2. The van der Waals surface area contributed by atoms with E-state index < -0.39 is 0 Å². The summed E-state index contributed by atoms with van der Waals surface area (Å²) in [5, 5.41) is 8.71. The van der Waals surface area contributed by atoms with Gasteiger partial charge in [-0.15, -0.1) is 0 Å². The average molecular weight is 445 g/mol. The van der Waals surface area contributed by atoms with Crippen molar-refractivity contribution in [2.75, 3.05) is 11.1 Å². The summed E-state index contributed by atoms with van der Waals surface area (Å²) in [7, 11) is 0. The zero-order valence-electron chi connectivity index (χ0n) is 19.1. The Morgan fingerprint density at radius 1 is 1.03 bits per heavy atom. The van der Waals surface area contributed by atoms with Crippen LogP contribution in [-0.4, -0.2) is 26.3 Å². The van der Waals surface area contributed by atoms with Crippen molar-refractivity contribution in [3.63, 3.8) is 0 Å². The van der Waals surface area contributed by atoms with Crippen LogP contribution >= 0.6 is 11.8 Å². The summed E-state index contributed by atoms with van der Waals surface area (Å²) in [5.41, 5.74) is 6.59. The van der Waals surface area contributed by atoms with E-state index in [1.807, 2.05) is 60.8 Å². The van der Waals surface area contributed by atoms with Crippen molar-refractivity contribution in [1.82, 2.24) is 14.6 Å². The predicted molar refractivity (Wildman–Crippen MR) is 132 cm³/mol. The Morgan fingerprint density at radius 3 is 2.41 bits per heavy atom. The minimum atomic E-state index is -0.132. The standard InChI is InChI=1S/C26H28N4OS/c1-17-11-9-10-14-20(17)27-22(31)16-32-23-15-21(26(3,4)5)28-25-24(18(2)29-30(23)25)19-12-7-6-8-13-19/h6-15H,16H2,1-5H3,(H,27,31). The molecule has 6 heteroatoms. The lowest BCUT2D eigenvalue weighted by Crippen LogP contribution is -2.17. The van der Waals surface area contributed by atoms with Crippen LogP contribution in [0.3, 0.4) is 0 Å². The highest BCUT2D eigenvalue weighted by Gasteiger charge is 2.22. The molecule has 0 aliphatic carbocycles. The van der Waals surface area contributed by atoms with Gasteiger partial charge in [0.2, 0.25) is 5.91 Å². The fourth-order valence-corrected chi connectivity index (χ4v) is 4.36. The van der Waals surface area contributed by atoms with E-state index in [-0.39, 0.29) is 17.1 Å². The molecule has 0 fully saturated rings. The Labute approximate surface area is 193 Å². The number of amides is 1. The summed E-state index contributed by atoms with van der Waals surface area (Å²) in [6.45, 7) is 10.4. The summed E-state index contributed by atoms with van der Waals surface area (Å²) in [4.78, 5) is 17.7. The molecule has 1 N–H and O–H groups in total. The molecule has 164 valence electrons. The molecule has 2 heterocycles. The number of aromatic nitrogens is 3. The molecule has 2 aromatic carbocycles. The van der Waals surface area contributed by atoms with Gasteiger partial charge >= 0.3 is 0 Å². The van der Waals surface area contributed by atoms with Crippen LogP contribution in [0, 0.1) is 13.8 Å². The summed E-state index contributed by atoms with van der Waals surface area (Å²) in [6, 6.07) is 20.1. The molecule has 0 spiro atoms. The predicted octanol–water partition coefficient (Wildman–Crippen LogP) is 6.04. The molecule has 5 nitrogen and oxygen atoms in total. The largest absolute Gasteiger partial charge is 0.325 e. The van der Waals surface area contributed by atoms with Gasteiger partial charge in [0.15, 0.2) is 5.65 Å². The number of thioether (sulfide) groups is 1. The van der Waals surface area contributed by atoms with Crippen molar-refractivity contribution in [3.8, 4) is 11.1 Å². The molecule has 1 amide bonds. The number of para-hydroxylation sites is 1. The number of nitrogens with zero attached hydrogens (tertiary/aromatic N) is 3. The van der Waals surface area contributed by atoms with Crippen molar-refractivity contribution in [2.24, 2.45) is 0 Å². The van der Waals surface area contributed by atoms with Crippen LogP contribution in [0.5, 0.6) is 0 Å².